The quantitative estimate of drug-likeness (QED) is 0.798. The van der Waals surface area contributed by atoms with Gasteiger partial charge in [-0.3, -0.25) is 4.79 Å². The van der Waals surface area contributed by atoms with Crippen molar-refractivity contribution in [1.82, 2.24) is 9.88 Å². The molecule has 0 radical (unpaired) electrons. The van der Waals surface area contributed by atoms with E-state index in [-0.39, 0.29) is 18.0 Å². The number of anilines is 1. The number of hydrogen-bond donors (Lipinski definition) is 0. The number of halogens is 3. The van der Waals surface area contributed by atoms with Crippen LogP contribution in [0.5, 0.6) is 0 Å². The zero-order valence-electron chi connectivity index (χ0n) is 11.6. The molecule has 114 valence electrons. The summed E-state index contributed by atoms with van der Waals surface area (Å²) in [5.41, 5.74) is -0.773. The number of nitrogens with zero attached hydrogens (tertiary/aromatic N) is 3. The van der Waals surface area contributed by atoms with E-state index in [2.05, 4.69) is 4.98 Å². The molecular weight excluding hydrogens is 283 g/mol. The molecule has 0 aromatic carbocycles. The summed E-state index contributed by atoms with van der Waals surface area (Å²) < 4.78 is 37.7. The van der Waals surface area contributed by atoms with Gasteiger partial charge in [0.05, 0.1) is 5.56 Å². The number of fused-ring (bicyclic) bond motifs is 1. The van der Waals surface area contributed by atoms with E-state index in [0.717, 1.165) is 31.6 Å². The summed E-state index contributed by atoms with van der Waals surface area (Å²) in [5.74, 6) is 0.459. The highest BCUT2D eigenvalue weighted by atomic mass is 19.4. The number of rotatable bonds is 1. The molecule has 2 aliphatic heterocycles. The molecule has 2 atom stereocenters. The van der Waals surface area contributed by atoms with Crippen LogP contribution in [0, 0.1) is 0 Å². The van der Waals surface area contributed by atoms with Crippen molar-refractivity contribution < 1.29 is 18.0 Å². The predicted octanol–water partition coefficient (Wildman–Crippen LogP) is 2.30. The molecule has 0 unspecified atom stereocenters. The van der Waals surface area contributed by atoms with Gasteiger partial charge in [0, 0.05) is 25.3 Å². The number of carbonyl (C=O) groups excluding carboxylic acids is 1. The Morgan fingerprint density at radius 2 is 2.05 bits per heavy atom. The molecule has 2 fully saturated rings. The lowest BCUT2D eigenvalue weighted by Crippen LogP contribution is -2.59. The maximum absolute atomic E-state index is 12.6. The summed E-state index contributed by atoms with van der Waals surface area (Å²) in [4.78, 5) is 19.9. The number of aromatic nitrogens is 1. The van der Waals surface area contributed by atoms with E-state index in [1.54, 1.807) is 11.8 Å². The van der Waals surface area contributed by atoms with Crippen LogP contribution in [0.15, 0.2) is 18.3 Å². The standard InChI is InChI=1S/C14H16F3N3O/c1-9-13(21)19-6-2-3-11(19)8-20(9)12-5-4-10(7-18-12)14(15,16)17/h4-5,7,9,11H,2-3,6,8H2,1H3/t9-,11+/m0/s1. The molecule has 2 saturated heterocycles. The molecule has 1 aromatic rings. The van der Waals surface area contributed by atoms with E-state index < -0.39 is 11.7 Å². The van der Waals surface area contributed by atoms with Crippen LogP contribution < -0.4 is 4.90 Å². The van der Waals surface area contributed by atoms with Crippen molar-refractivity contribution in [2.75, 3.05) is 18.0 Å². The number of piperazine rings is 1. The fourth-order valence-corrected chi connectivity index (χ4v) is 3.09. The molecule has 3 rings (SSSR count). The summed E-state index contributed by atoms with van der Waals surface area (Å²) in [6, 6.07) is 2.12. The minimum atomic E-state index is -4.39. The first-order chi connectivity index (χ1) is 9.88. The van der Waals surface area contributed by atoms with E-state index >= 15 is 0 Å². The molecule has 0 aliphatic carbocycles. The lowest BCUT2D eigenvalue weighted by atomic mass is 10.1. The average molecular weight is 299 g/mol. The van der Waals surface area contributed by atoms with Crippen molar-refractivity contribution in [1.29, 1.82) is 0 Å². The van der Waals surface area contributed by atoms with Crippen LogP contribution in [-0.2, 0) is 11.0 Å². The van der Waals surface area contributed by atoms with Crippen LogP contribution in [0.1, 0.15) is 25.3 Å². The molecule has 1 amide bonds. The number of pyridine rings is 1. The minimum Gasteiger partial charge on any atom is -0.343 e. The Labute approximate surface area is 120 Å². The van der Waals surface area contributed by atoms with Crippen molar-refractivity contribution in [2.45, 2.75) is 38.0 Å². The molecule has 3 heterocycles. The second kappa shape index (κ2) is 4.89. The molecule has 0 bridgehead atoms. The summed E-state index contributed by atoms with van der Waals surface area (Å²) >= 11 is 0. The lowest BCUT2D eigenvalue weighted by molar-refractivity contribution is -0.138. The number of carbonyl (C=O) groups is 1. The number of alkyl halides is 3. The third-order valence-electron chi connectivity index (χ3n) is 4.26. The average Bonchev–Trinajstić information content (AvgIpc) is 2.90. The maximum Gasteiger partial charge on any atom is 0.417 e. The van der Waals surface area contributed by atoms with Gasteiger partial charge < -0.3 is 9.80 Å². The van der Waals surface area contributed by atoms with Crippen LogP contribution in [0.4, 0.5) is 19.0 Å². The highest BCUT2D eigenvalue weighted by Gasteiger charge is 2.41. The Kier molecular flexibility index (Phi) is 3.30. The third-order valence-corrected chi connectivity index (χ3v) is 4.26. The molecule has 0 saturated carbocycles. The van der Waals surface area contributed by atoms with Crippen LogP contribution in [0.2, 0.25) is 0 Å². The highest BCUT2D eigenvalue weighted by molar-refractivity contribution is 5.86. The van der Waals surface area contributed by atoms with E-state index in [9.17, 15) is 18.0 Å². The maximum atomic E-state index is 12.6. The molecule has 4 nitrogen and oxygen atoms in total. The van der Waals surface area contributed by atoms with Gasteiger partial charge in [-0.05, 0) is 31.9 Å². The van der Waals surface area contributed by atoms with Gasteiger partial charge in [0.25, 0.3) is 0 Å². The fourth-order valence-electron chi connectivity index (χ4n) is 3.09. The molecule has 0 N–H and O–H groups in total. The molecule has 7 heteroatoms. The van der Waals surface area contributed by atoms with Crippen LogP contribution in [0.25, 0.3) is 0 Å². The van der Waals surface area contributed by atoms with E-state index in [0.29, 0.717) is 12.4 Å². The normalized spacial score (nSPS) is 26.2. The Morgan fingerprint density at radius 1 is 1.29 bits per heavy atom. The smallest absolute Gasteiger partial charge is 0.343 e. The minimum absolute atomic E-state index is 0.0328. The first-order valence-electron chi connectivity index (χ1n) is 6.98. The highest BCUT2D eigenvalue weighted by Crippen LogP contribution is 2.32. The SMILES string of the molecule is C[C@H]1C(=O)N2CCC[C@@H]2CN1c1ccc(C(F)(F)F)cn1. The van der Waals surface area contributed by atoms with Crippen molar-refractivity contribution >= 4 is 11.7 Å². The molecule has 21 heavy (non-hydrogen) atoms. The van der Waals surface area contributed by atoms with Crippen molar-refractivity contribution in [3.05, 3.63) is 23.9 Å². The van der Waals surface area contributed by atoms with Gasteiger partial charge in [-0.25, -0.2) is 4.98 Å². The zero-order valence-corrected chi connectivity index (χ0v) is 11.6. The summed E-state index contributed by atoms with van der Waals surface area (Å²) in [6.45, 7) is 3.18. The molecule has 1 aromatic heterocycles. The lowest BCUT2D eigenvalue weighted by Gasteiger charge is -2.42. The largest absolute Gasteiger partial charge is 0.417 e. The fraction of sp³-hybridized carbons (Fsp3) is 0.571. The van der Waals surface area contributed by atoms with Crippen LogP contribution >= 0.6 is 0 Å². The van der Waals surface area contributed by atoms with Crippen LogP contribution in [0.3, 0.4) is 0 Å². The van der Waals surface area contributed by atoms with Crippen LogP contribution in [-0.4, -0.2) is 41.0 Å². The number of hydrogen-bond acceptors (Lipinski definition) is 3. The van der Waals surface area contributed by atoms with Crippen molar-refractivity contribution in [2.24, 2.45) is 0 Å². The van der Waals surface area contributed by atoms with Crippen molar-refractivity contribution in [3.63, 3.8) is 0 Å². The predicted molar refractivity (Wildman–Crippen MR) is 70.8 cm³/mol. The first-order valence-corrected chi connectivity index (χ1v) is 6.98. The van der Waals surface area contributed by atoms with Gasteiger partial charge in [0.2, 0.25) is 5.91 Å². The van der Waals surface area contributed by atoms with Gasteiger partial charge in [-0.2, -0.15) is 13.2 Å². The molecular formula is C14H16F3N3O. The van der Waals surface area contributed by atoms with Gasteiger partial charge >= 0.3 is 6.18 Å². The summed E-state index contributed by atoms with van der Waals surface area (Å²) in [5, 5.41) is 0. The number of amides is 1. The van der Waals surface area contributed by atoms with Crippen molar-refractivity contribution in [3.8, 4) is 0 Å². The molecule has 0 spiro atoms. The second-order valence-electron chi connectivity index (χ2n) is 5.56. The topological polar surface area (TPSA) is 36.4 Å². The van der Waals surface area contributed by atoms with Gasteiger partial charge in [-0.15, -0.1) is 0 Å². The third kappa shape index (κ3) is 2.45. The Hall–Kier alpha value is -1.79. The van der Waals surface area contributed by atoms with E-state index in [1.807, 2.05) is 4.90 Å². The Morgan fingerprint density at radius 3 is 2.67 bits per heavy atom. The summed E-state index contributed by atoms with van der Waals surface area (Å²) in [6.07, 6.45) is -1.64. The monoisotopic (exact) mass is 299 g/mol. The second-order valence-corrected chi connectivity index (χ2v) is 5.56. The Balaban J connectivity index is 1.84. The zero-order chi connectivity index (χ0) is 15.2. The first kappa shape index (κ1) is 14.2. The van der Waals surface area contributed by atoms with E-state index in [1.165, 1.54) is 6.07 Å². The Bertz CT molecular complexity index is 543. The van der Waals surface area contributed by atoms with Gasteiger partial charge in [0.15, 0.2) is 0 Å². The van der Waals surface area contributed by atoms with E-state index in [4.69, 9.17) is 0 Å². The van der Waals surface area contributed by atoms with Gasteiger partial charge in [-0.1, -0.05) is 0 Å². The molecule has 2 aliphatic rings. The summed E-state index contributed by atoms with van der Waals surface area (Å²) in [7, 11) is 0. The van der Waals surface area contributed by atoms with Gasteiger partial charge in [0.1, 0.15) is 11.9 Å².